The van der Waals surface area contributed by atoms with Crippen LogP contribution >= 0.6 is 20.9 Å². The number of rotatable bonds is 2. The van der Waals surface area contributed by atoms with Crippen molar-refractivity contribution >= 4 is 49.8 Å². The van der Waals surface area contributed by atoms with Crippen LogP contribution < -0.4 is 0 Å². The van der Waals surface area contributed by atoms with Gasteiger partial charge in [-0.3, -0.25) is 9.59 Å². The summed E-state index contributed by atoms with van der Waals surface area (Å²) in [6.45, 7) is 0. The Kier molecular flexibility index (Phi) is 2.88. The monoisotopic (exact) mass is 272 g/mol. The lowest BCUT2D eigenvalue weighted by Gasteiger charge is -2.25. The first-order valence-electron chi connectivity index (χ1n) is 5.35. The maximum absolute atomic E-state index is 12.3. The van der Waals surface area contributed by atoms with E-state index >= 15 is 0 Å². The maximum atomic E-state index is 12.3. The number of benzene rings is 2. The molecular formula is C12H8BNO2PS. The van der Waals surface area contributed by atoms with Gasteiger partial charge in [0.2, 0.25) is 6.28 Å². The van der Waals surface area contributed by atoms with Crippen molar-refractivity contribution < 1.29 is 9.59 Å². The molecule has 2 aromatic rings. The number of hydrogen-bond donors (Lipinski definition) is 0. The van der Waals surface area contributed by atoms with Crippen molar-refractivity contribution in [3.8, 4) is 0 Å². The predicted octanol–water partition coefficient (Wildman–Crippen LogP) is 2.49. The number of amides is 2. The first-order chi connectivity index (χ1) is 8.74. The van der Waals surface area contributed by atoms with Crippen molar-refractivity contribution in [3.05, 3.63) is 47.5 Å². The number of carbonyl (C=O) groups excluding carboxylic acids is 2. The standard InChI is InChI=1S/C12H8BNO2PS/c15-11-8-5-1-3-7-4-2-6-9(10(7)8)12(16)14(11)18-13-17/h1-6H,17H2. The summed E-state index contributed by atoms with van der Waals surface area (Å²) in [6.07, 6.45) is 1.64. The molecule has 0 N–H and O–H groups in total. The average Bonchev–Trinajstić information content (AvgIpc) is 2.40. The third kappa shape index (κ3) is 1.58. The van der Waals surface area contributed by atoms with E-state index in [1.807, 2.05) is 24.3 Å². The van der Waals surface area contributed by atoms with Crippen LogP contribution in [0.4, 0.5) is 0 Å². The van der Waals surface area contributed by atoms with Crippen molar-refractivity contribution in [2.75, 3.05) is 0 Å². The van der Waals surface area contributed by atoms with E-state index in [1.54, 1.807) is 18.4 Å². The van der Waals surface area contributed by atoms with Gasteiger partial charge in [-0.2, -0.15) is 9.12 Å². The summed E-state index contributed by atoms with van der Waals surface area (Å²) >= 11 is 1.09. The highest BCUT2D eigenvalue weighted by atomic mass is 32.2. The third-order valence-electron chi connectivity index (χ3n) is 2.90. The highest BCUT2D eigenvalue weighted by Crippen LogP contribution is 2.32. The molecule has 1 unspecified atom stereocenters. The summed E-state index contributed by atoms with van der Waals surface area (Å²) in [4.78, 5) is 24.5. The maximum Gasteiger partial charge on any atom is 0.270 e. The minimum absolute atomic E-state index is 0.256. The molecule has 1 radical (unpaired) electrons. The van der Waals surface area contributed by atoms with Gasteiger partial charge in [0.15, 0.2) is 0 Å². The summed E-state index contributed by atoms with van der Waals surface area (Å²) in [6, 6.07) is 11.0. The Bertz CT molecular complexity index is 625. The lowest BCUT2D eigenvalue weighted by molar-refractivity contribution is 0.0739. The average molecular weight is 272 g/mol. The smallest absolute Gasteiger partial charge is 0.268 e. The molecule has 3 rings (SSSR count). The molecule has 1 aliphatic rings. The first kappa shape index (κ1) is 11.8. The van der Waals surface area contributed by atoms with Crippen LogP contribution in [0.5, 0.6) is 0 Å². The summed E-state index contributed by atoms with van der Waals surface area (Å²) in [7, 11) is 2.38. The molecular weight excluding hydrogens is 264 g/mol. The second-order valence-corrected chi connectivity index (χ2v) is 5.52. The predicted molar refractivity (Wildman–Crippen MR) is 77.5 cm³/mol. The lowest BCUT2D eigenvalue weighted by atomic mass is 9.95. The van der Waals surface area contributed by atoms with E-state index in [2.05, 4.69) is 9.12 Å². The van der Waals surface area contributed by atoms with Crippen LogP contribution in [0, 0.1) is 0 Å². The SMILES string of the molecule is O=C1c2cccc3cccc(c23)C(=O)N1S[B]P. The van der Waals surface area contributed by atoms with Crippen molar-refractivity contribution in [3.63, 3.8) is 0 Å². The van der Waals surface area contributed by atoms with Crippen LogP contribution in [-0.4, -0.2) is 22.4 Å². The molecule has 0 spiro atoms. The third-order valence-corrected chi connectivity index (χ3v) is 3.93. The molecule has 2 aromatic carbocycles. The Hall–Kier alpha value is -1.32. The van der Waals surface area contributed by atoms with E-state index in [4.69, 9.17) is 0 Å². The van der Waals surface area contributed by atoms with Crippen LogP contribution in [0.25, 0.3) is 10.8 Å². The molecule has 0 aliphatic carbocycles. The zero-order chi connectivity index (χ0) is 12.7. The number of nitrogens with zero attached hydrogens (tertiary/aromatic N) is 1. The second kappa shape index (κ2) is 4.41. The van der Waals surface area contributed by atoms with Gasteiger partial charge >= 0.3 is 0 Å². The van der Waals surface area contributed by atoms with Crippen LogP contribution in [0.2, 0.25) is 0 Å². The molecule has 0 bridgehead atoms. The van der Waals surface area contributed by atoms with Gasteiger partial charge in [0.05, 0.1) is 0 Å². The van der Waals surface area contributed by atoms with E-state index in [1.165, 1.54) is 4.31 Å². The Balaban J connectivity index is 2.32. The molecule has 1 heterocycles. The van der Waals surface area contributed by atoms with Gasteiger partial charge in [-0.1, -0.05) is 36.1 Å². The van der Waals surface area contributed by atoms with Crippen LogP contribution in [0.1, 0.15) is 20.7 Å². The van der Waals surface area contributed by atoms with E-state index in [0.29, 0.717) is 11.1 Å². The fraction of sp³-hybridized carbons (Fsp3) is 0. The second-order valence-electron chi connectivity index (χ2n) is 3.86. The van der Waals surface area contributed by atoms with Crippen LogP contribution in [0.3, 0.4) is 0 Å². The number of hydrogen-bond acceptors (Lipinski definition) is 3. The Morgan fingerprint density at radius 1 is 1.00 bits per heavy atom. The van der Waals surface area contributed by atoms with E-state index in [-0.39, 0.29) is 11.8 Å². The Morgan fingerprint density at radius 3 is 2.06 bits per heavy atom. The molecule has 1 atom stereocenters. The fourth-order valence-corrected chi connectivity index (χ4v) is 3.04. The van der Waals surface area contributed by atoms with Crippen molar-refractivity contribution in [2.24, 2.45) is 0 Å². The minimum Gasteiger partial charge on any atom is -0.268 e. The van der Waals surface area contributed by atoms with Crippen molar-refractivity contribution in [2.45, 2.75) is 0 Å². The summed E-state index contributed by atoms with van der Waals surface area (Å²) < 4.78 is 1.18. The summed E-state index contributed by atoms with van der Waals surface area (Å²) in [5.41, 5.74) is 1.17. The molecule has 0 saturated carbocycles. The van der Waals surface area contributed by atoms with E-state index in [0.717, 1.165) is 22.6 Å². The van der Waals surface area contributed by atoms with Gasteiger partial charge in [0.1, 0.15) is 0 Å². The molecule has 0 fully saturated rings. The number of imide groups is 1. The Labute approximate surface area is 111 Å². The van der Waals surface area contributed by atoms with Gasteiger partial charge in [-0.15, -0.1) is 0 Å². The Morgan fingerprint density at radius 2 is 1.56 bits per heavy atom. The molecule has 18 heavy (non-hydrogen) atoms. The molecule has 2 amide bonds. The van der Waals surface area contributed by atoms with Gasteiger partial charge in [-0.05, 0) is 17.5 Å². The van der Waals surface area contributed by atoms with Gasteiger partial charge < -0.3 is 0 Å². The quantitative estimate of drug-likeness (QED) is 0.365. The molecule has 1 aliphatic heterocycles. The summed E-state index contributed by atoms with van der Waals surface area (Å²) in [5.74, 6) is -0.513. The minimum atomic E-state index is -0.256. The number of carbonyl (C=O) groups is 2. The largest absolute Gasteiger partial charge is 0.270 e. The highest BCUT2D eigenvalue weighted by molar-refractivity contribution is 8.31. The molecule has 6 heteroatoms. The topological polar surface area (TPSA) is 37.4 Å². The first-order valence-corrected chi connectivity index (χ1v) is 6.85. The molecule has 87 valence electrons. The van der Waals surface area contributed by atoms with Gasteiger partial charge in [0.25, 0.3) is 11.8 Å². The van der Waals surface area contributed by atoms with Gasteiger partial charge in [0, 0.05) is 16.5 Å². The lowest BCUT2D eigenvalue weighted by Crippen LogP contribution is -2.35. The van der Waals surface area contributed by atoms with E-state index < -0.39 is 0 Å². The normalized spacial score (nSPS) is 14.2. The fourth-order valence-electron chi connectivity index (χ4n) is 2.17. The zero-order valence-corrected chi connectivity index (χ0v) is 11.3. The molecule has 0 aromatic heterocycles. The van der Waals surface area contributed by atoms with E-state index in [9.17, 15) is 9.59 Å². The van der Waals surface area contributed by atoms with Gasteiger partial charge in [-0.25, -0.2) is 4.31 Å². The molecule has 3 nitrogen and oxygen atoms in total. The van der Waals surface area contributed by atoms with Crippen molar-refractivity contribution in [1.29, 1.82) is 0 Å². The highest BCUT2D eigenvalue weighted by Gasteiger charge is 2.32. The summed E-state index contributed by atoms with van der Waals surface area (Å²) in [5, 5.41) is 1.68. The van der Waals surface area contributed by atoms with Crippen LogP contribution in [-0.2, 0) is 0 Å². The molecule has 0 saturated heterocycles. The van der Waals surface area contributed by atoms with Crippen LogP contribution in [0.15, 0.2) is 36.4 Å². The van der Waals surface area contributed by atoms with Crippen molar-refractivity contribution in [1.82, 2.24) is 4.31 Å². The zero-order valence-electron chi connectivity index (χ0n) is 9.29.